The van der Waals surface area contributed by atoms with E-state index < -0.39 is 30.4 Å². The van der Waals surface area contributed by atoms with Crippen molar-refractivity contribution >= 4 is 46.8 Å². The molecule has 2 aromatic carbocycles. The molecule has 0 saturated heterocycles. The van der Waals surface area contributed by atoms with Gasteiger partial charge in [0.2, 0.25) is 0 Å². The minimum atomic E-state index is -0.908. The predicted octanol–water partition coefficient (Wildman–Crippen LogP) is 3.44. The van der Waals surface area contributed by atoms with Crippen LogP contribution in [0.2, 0.25) is 5.02 Å². The summed E-state index contributed by atoms with van der Waals surface area (Å²) < 4.78 is 5.11. The van der Waals surface area contributed by atoms with Gasteiger partial charge in [-0.3, -0.25) is 9.59 Å². The lowest BCUT2D eigenvalue weighted by Crippen LogP contribution is -2.43. The molecule has 31 heavy (non-hydrogen) atoms. The lowest BCUT2D eigenvalue weighted by molar-refractivity contribution is -0.149. The van der Waals surface area contributed by atoms with E-state index in [2.05, 4.69) is 10.6 Å². The van der Waals surface area contributed by atoms with Crippen molar-refractivity contribution in [2.24, 2.45) is 0 Å². The van der Waals surface area contributed by atoms with Crippen LogP contribution in [-0.2, 0) is 20.7 Å². The third-order valence-corrected chi connectivity index (χ3v) is 5.16. The average Bonchev–Trinajstić information content (AvgIpc) is 2.76. The predicted molar refractivity (Wildman–Crippen MR) is 121 cm³/mol. The molecule has 0 radical (unpaired) electrons. The highest BCUT2D eigenvalue weighted by atomic mass is 35.5. The lowest BCUT2D eigenvalue weighted by atomic mass is 10.1. The molecular formula is C22H22ClN3O4S. The van der Waals surface area contributed by atoms with E-state index in [1.807, 2.05) is 12.3 Å². The number of nitrogens with one attached hydrogen (secondary N) is 2. The SMILES string of the molecule is CSCCC(NC(=O)c1ccccc1Cl)C(=O)OCC(=O)Nc1ccc(CC#N)cc1. The summed E-state index contributed by atoms with van der Waals surface area (Å²) >= 11 is 7.56. The Kier molecular flexibility index (Phi) is 9.88. The monoisotopic (exact) mass is 459 g/mol. The van der Waals surface area contributed by atoms with E-state index in [-0.39, 0.29) is 17.0 Å². The van der Waals surface area contributed by atoms with Gasteiger partial charge in [0.05, 0.1) is 23.1 Å². The number of hydrogen-bond donors (Lipinski definition) is 2. The molecule has 0 aliphatic carbocycles. The summed E-state index contributed by atoms with van der Waals surface area (Å²) in [6.07, 6.45) is 2.51. The second-order valence-corrected chi connectivity index (χ2v) is 7.87. The number of anilines is 1. The first-order valence-electron chi connectivity index (χ1n) is 9.41. The Morgan fingerprint density at radius 2 is 1.87 bits per heavy atom. The summed E-state index contributed by atoms with van der Waals surface area (Å²) in [4.78, 5) is 37.1. The van der Waals surface area contributed by atoms with E-state index in [9.17, 15) is 14.4 Å². The maximum Gasteiger partial charge on any atom is 0.329 e. The molecule has 0 bridgehead atoms. The molecule has 1 atom stereocenters. The maximum atomic E-state index is 12.5. The molecule has 1 unspecified atom stereocenters. The fourth-order valence-electron chi connectivity index (χ4n) is 2.60. The van der Waals surface area contributed by atoms with Crippen molar-refractivity contribution in [1.82, 2.24) is 5.32 Å². The Balaban J connectivity index is 1.92. The molecule has 0 fully saturated rings. The number of carbonyl (C=O) groups is 3. The largest absolute Gasteiger partial charge is 0.454 e. The summed E-state index contributed by atoms with van der Waals surface area (Å²) in [5, 5.41) is 14.2. The molecule has 0 saturated carbocycles. The maximum absolute atomic E-state index is 12.5. The summed E-state index contributed by atoms with van der Waals surface area (Å²) in [6, 6.07) is 14.4. The molecule has 0 aromatic heterocycles. The number of halogens is 1. The fraction of sp³-hybridized carbons (Fsp3) is 0.273. The molecule has 2 N–H and O–H groups in total. The topological polar surface area (TPSA) is 108 Å². The Hall–Kier alpha value is -3.02. The zero-order valence-electron chi connectivity index (χ0n) is 16.9. The molecule has 0 aliphatic heterocycles. The number of rotatable bonds is 10. The molecule has 2 aromatic rings. The van der Waals surface area contributed by atoms with Gasteiger partial charge in [0.15, 0.2) is 6.61 Å². The van der Waals surface area contributed by atoms with Crippen LogP contribution in [0.5, 0.6) is 0 Å². The normalized spacial score (nSPS) is 11.1. The van der Waals surface area contributed by atoms with Gasteiger partial charge in [0.25, 0.3) is 11.8 Å². The van der Waals surface area contributed by atoms with Crippen LogP contribution in [0, 0.1) is 11.3 Å². The lowest BCUT2D eigenvalue weighted by Gasteiger charge is -2.17. The highest BCUT2D eigenvalue weighted by Crippen LogP contribution is 2.15. The van der Waals surface area contributed by atoms with Crippen LogP contribution < -0.4 is 10.6 Å². The van der Waals surface area contributed by atoms with E-state index in [0.29, 0.717) is 17.9 Å². The number of hydrogen-bond acceptors (Lipinski definition) is 6. The number of esters is 1. The second kappa shape index (κ2) is 12.6. The van der Waals surface area contributed by atoms with Crippen molar-refractivity contribution in [2.75, 3.05) is 23.9 Å². The number of thioether (sulfide) groups is 1. The van der Waals surface area contributed by atoms with Gasteiger partial charge < -0.3 is 15.4 Å². The molecule has 2 rings (SSSR count). The first-order valence-corrected chi connectivity index (χ1v) is 11.2. The Bertz CT molecular complexity index is 960. The number of carbonyl (C=O) groups excluding carboxylic acids is 3. The molecule has 0 aliphatic rings. The molecular weight excluding hydrogens is 438 g/mol. The van der Waals surface area contributed by atoms with Gasteiger partial charge >= 0.3 is 5.97 Å². The van der Waals surface area contributed by atoms with Crippen molar-refractivity contribution < 1.29 is 19.1 Å². The van der Waals surface area contributed by atoms with Crippen LogP contribution in [0.4, 0.5) is 5.69 Å². The minimum Gasteiger partial charge on any atom is -0.454 e. The first-order chi connectivity index (χ1) is 14.9. The van der Waals surface area contributed by atoms with Crippen LogP contribution in [-0.4, -0.2) is 42.4 Å². The van der Waals surface area contributed by atoms with E-state index >= 15 is 0 Å². The number of benzene rings is 2. The van der Waals surface area contributed by atoms with Crippen molar-refractivity contribution in [2.45, 2.75) is 18.9 Å². The highest BCUT2D eigenvalue weighted by Gasteiger charge is 2.24. The number of nitrogens with zero attached hydrogens (tertiary/aromatic N) is 1. The van der Waals surface area contributed by atoms with E-state index in [1.165, 1.54) is 11.8 Å². The van der Waals surface area contributed by atoms with Gasteiger partial charge in [-0.05, 0) is 48.3 Å². The minimum absolute atomic E-state index is 0.253. The van der Waals surface area contributed by atoms with Crippen molar-refractivity contribution in [3.05, 3.63) is 64.7 Å². The average molecular weight is 460 g/mol. The van der Waals surface area contributed by atoms with Gasteiger partial charge in [0, 0.05) is 5.69 Å². The first kappa shape index (κ1) is 24.3. The van der Waals surface area contributed by atoms with Crippen LogP contribution >= 0.6 is 23.4 Å². The zero-order chi connectivity index (χ0) is 22.6. The molecule has 0 heterocycles. The van der Waals surface area contributed by atoms with Gasteiger partial charge in [-0.1, -0.05) is 35.9 Å². The molecule has 7 nitrogen and oxygen atoms in total. The molecule has 2 amide bonds. The van der Waals surface area contributed by atoms with Crippen LogP contribution in [0.25, 0.3) is 0 Å². The summed E-state index contributed by atoms with van der Waals surface area (Å²) in [6.45, 7) is -0.490. The van der Waals surface area contributed by atoms with Gasteiger partial charge in [0.1, 0.15) is 6.04 Å². The molecule has 9 heteroatoms. The van der Waals surface area contributed by atoms with E-state index in [4.69, 9.17) is 21.6 Å². The molecule has 0 spiro atoms. The van der Waals surface area contributed by atoms with E-state index in [1.54, 1.807) is 48.5 Å². The fourth-order valence-corrected chi connectivity index (χ4v) is 3.29. The third kappa shape index (κ3) is 7.96. The Labute approximate surface area is 190 Å². The Morgan fingerprint density at radius 1 is 1.16 bits per heavy atom. The van der Waals surface area contributed by atoms with Crippen LogP contribution in [0.1, 0.15) is 22.3 Å². The highest BCUT2D eigenvalue weighted by molar-refractivity contribution is 7.98. The van der Waals surface area contributed by atoms with E-state index in [0.717, 1.165) is 5.56 Å². The summed E-state index contributed by atoms with van der Waals surface area (Å²) in [5.74, 6) is -1.09. The van der Waals surface area contributed by atoms with Crippen molar-refractivity contribution in [1.29, 1.82) is 5.26 Å². The zero-order valence-corrected chi connectivity index (χ0v) is 18.5. The van der Waals surface area contributed by atoms with Gasteiger partial charge in [-0.2, -0.15) is 17.0 Å². The van der Waals surface area contributed by atoms with Gasteiger partial charge in [-0.15, -0.1) is 0 Å². The molecule has 162 valence electrons. The summed E-state index contributed by atoms with van der Waals surface area (Å²) in [5.41, 5.74) is 1.61. The number of nitriles is 1. The number of ether oxygens (including phenoxy) is 1. The quantitative estimate of drug-likeness (QED) is 0.527. The second-order valence-electron chi connectivity index (χ2n) is 6.48. The summed E-state index contributed by atoms with van der Waals surface area (Å²) in [7, 11) is 0. The Morgan fingerprint density at radius 3 is 2.52 bits per heavy atom. The van der Waals surface area contributed by atoms with Crippen LogP contribution in [0.15, 0.2) is 48.5 Å². The van der Waals surface area contributed by atoms with Gasteiger partial charge in [-0.25, -0.2) is 4.79 Å². The smallest absolute Gasteiger partial charge is 0.329 e. The number of amides is 2. The van der Waals surface area contributed by atoms with Crippen molar-refractivity contribution in [3.8, 4) is 6.07 Å². The van der Waals surface area contributed by atoms with Crippen molar-refractivity contribution in [3.63, 3.8) is 0 Å². The third-order valence-electron chi connectivity index (χ3n) is 4.19. The standard InChI is InChI=1S/C22H22ClN3O4S/c1-31-13-11-19(26-21(28)17-4-2-3-5-18(17)23)22(29)30-14-20(27)25-16-8-6-15(7-9-16)10-12-24/h2-9,19H,10-11,13-14H2,1H3,(H,25,27)(H,26,28). The van der Waals surface area contributed by atoms with Crippen LogP contribution in [0.3, 0.4) is 0 Å².